The van der Waals surface area contributed by atoms with E-state index in [0.717, 1.165) is 25.9 Å². The predicted molar refractivity (Wildman–Crippen MR) is 61.0 cm³/mol. The Labute approximate surface area is 95.1 Å². The van der Waals surface area contributed by atoms with Crippen molar-refractivity contribution in [2.45, 2.75) is 25.8 Å². The van der Waals surface area contributed by atoms with Gasteiger partial charge in [0.15, 0.2) is 5.78 Å². The monoisotopic (exact) mass is 221 g/mol. The van der Waals surface area contributed by atoms with Gasteiger partial charge in [0.1, 0.15) is 5.82 Å². The van der Waals surface area contributed by atoms with Gasteiger partial charge in [-0.1, -0.05) is 12.1 Å². The second-order valence-electron chi connectivity index (χ2n) is 4.29. The molecule has 86 valence electrons. The van der Waals surface area contributed by atoms with Crippen LogP contribution in [0.15, 0.2) is 24.3 Å². The van der Waals surface area contributed by atoms with E-state index in [9.17, 15) is 9.18 Å². The number of hydrogen-bond donors (Lipinski definition) is 0. The molecule has 1 heterocycles. The van der Waals surface area contributed by atoms with Crippen LogP contribution in [0.5, 0.6) is 0 Å². The van der Waals surface area contributed by atoms with E-state index in [1.807, 2.05) is 6.92 Å². The van der Waals surface area contributed by atoms with Crippen molar-refractivity contribution in [3.05, 3.63) is 35.6 Å². The first-order chi connectivity index (χ1) is 7.68. The summed E-state index contributed by atoms with van der Waals surface area (Å²) in [4.78, 5) is 14.2. The lowest BCUT2D eigenvalue weighted by molar-refractivity contribution is 0.0866. The number of halogens is 1. The Morgan fingerprint density at radius 2 is 2.06 bits per heavy atom. The summed E-state index contributed by atoms with van der Waals surface area (Å²) in [6, 6.07) is 5.80. The molecule has 0 aromatic heterocycles. The fourth-order valence-electron chi connectivity index (χ4n) is 2.18. The van der Waals surface area contributed by atoms with Gasteiger partial charge in [-0.3, -0.25) is 9.69 Å². The van der Waals surface area contributed by atoms with Crippen LogP contribution in [-0.4, -0.2) is 29.8 Å². The molecule has 1 saturated heterocycles. The molecule has 0 spiro atoms. The van der Waals surface area contributed by atoms with Gasteiger partial charge in [-0.25, -0.2) is 4.39 Å². The van der Waals surface area contributed by atoms with Gasteiger partial charge >= 0.3 is 0 Å². The molecule has 1 unspecified atom stereocenters. The van der Waals surface area contributed by atoms with Gasteiger partial charge < -0.3 is 0 Å². The highest BCUT2D eigenvalue weighted by Gasteiger charge is 2.24. The van der Waals surface area contributed by atoms with Crippen LogP contribution in [0.4, 0.5) is 4.39 Å². The van der Waals surface area contributed by atoms with Gasteiger partial charge in [0.25, 0.3) is 0 Å². The van der Waals surface area contributed by atoms with E-state index in [4.69, 9.17) is 0 Å². The summed E-state index contributed by atoms with van der Waals surface area (Å²) >= 11 is 0. The Morgan fingerprint density at radius 3 is 2.69 bits per heavy atom. The van der Waals surface area contributed by atoms with Crippen molar-refractivity contribution in [3.63, 3.8) is 0 Å². The quantitative estimate of drug-likeness (QED) is 0.731. The zero-order valence-electron chi connectivity index (χ0n) is 9.45. The lowest BCUT2D eigenvalue weighted by Gasteiger charge is -2.22. The van der Waals surface area contributed by atoms with Crippen LogP contribution in [0.1, 0.15) is 30.1 Å². The van der Waals surface area contributed by atoms with Crippen LogP contribution in [0.3, 0.4) is 0 Å². The molecule has 1 aliphatic heterocycles. The number of likely N-dealkylation sites (tertiary alicyclic amines) is 1. The van der Waals surface area contributed by atoms with E-state index >= 15 is 0 Å². The Bertz CT molecular complexity index is 385. The summed E-state index contributed by atoms with van der Waals surface area (Å²) in [6.07, 6.45) is 2.31. The molecule has 2 nitrogen and oxygen atoms in total. The average Bonchev–Trinajstić information content (AvgIpc) is 2.80. The van der Waals surface area contributed by atoms with Gasteiger partial charge in [-0.2, -0.15) is 0 Å². The molecule has 1 aromatic carbocycles. The lowest BCUT2D eigenvalue weighted by atomic mass is 10.0. The normalized spacial score (nSPS) is 18.6. The van der Waals surface area contributed by atoms with Crippen LogP contribution in [0.25, 0.3) is 0 Å². The molecule has 1 atom stereocenters. The summed E-state index contributed by atoms with van der Waals surface area (Å²) < 4.78 is 13.0. The highest BCUT2D eigenvalue weighted by Crippen LogP contribution is 2.15. The van der Waals surface area contributed by atoms with E-state index < -0.39 is 0 Å². The van der Waals surface area contributed by atoms with Gasteiger partial charge in [-0.05, 0) is 45.0 Å². The van der Waals surface area contributed by atoms with Crippen LogP contribution in [0.2, 0.25) is 0 Å². The van der Waals surface area contributed by atoms with Gasteiger partial charge in [0.05, 0.1) is 6.04 Å². The molecule has 0 bridgehead atoms. The van der Waals surface area contributed by atoms with Gasteiger partial charge in [0, 0.05) is 5.56 Å². The topological polar surface area (TPSA) is 20.3 Å². The van der Waals surface area contributed by atoms with Crippen LogP contribution in [-0.2, 0) is 0 Å². The Hall–Kier alpha value is -1.22. The molecular formula is C13H16FNO. The number of carbonyl (C=O) groups excluding carboxylic acids is 1. The zero-order valence-corrected chi connectivity index (χ0v) is 9.45. The van der Waals surface area contributed by atoms with Gasteiger partial charge in [0.2, 0.25) is 0 Å². The van der Waals surface area contributed by atoms with Crippen molar-refractivity contribution in [2.24, 2.45) is 0 Å². The maximum atomic E-state index is 13.0. The molecule has 3 heteroatoms. The second-order valence-corrected chi connectivity index (χ2v) is 4.29. The maximum Gasteiger partial charge on any atom is 0.179 e. The number of hydrogen-bond acceptors (Lipinski definition) is 2. The first-order valence-electron chi connectivity index (χ1n) is 5.72. The van der Waals surface area contributed by atoms with Crippen molar-refractivity contribution >= 4 is 5.78 Å². The highest BCUT2D eigenvalue weighted by molar-refractivity contribution is 5.99. The van der Waals surface area contributed by atoms with Crippen LogP contribution in [0, 0.1) is 5.82 Å². The zero-order chi connectivity index (χ0) is 11.5. The molecule has 0 aliphatic carbocycles. The molecule has 0 amide bonds. The summed E-state index contributed by atoms with van der Waals surface area (Å²) in [5.41, 5.74) is 0.472. The third-order valence-corrected chi connectivity index (χ3v) is 3.18. The molecule has 2 rings (SSSR count). The lowest BCUT2D eigenvalue weighted by Crippen LogP contribution is -2.36. The van der Waals surface area contributed by atoms with Crippen LogP contribution < -0.4 is 0 Å². The number of Topliss-reactive ketones (excluding diaryl/α,β-unsaturated/α-hetero) is 1. The van der Waals surface area contributed by atoms with E-state index in [-0.39, 0.29) is 17.6 Å². The SMILES string of the molecule is CC(C(=O)c1cccc(F)c1)N1CCCC1. The average molecular weight is 221 g/mol. The molecule has 0 N–H and O–H groups in total. The number of nitrogens with zero attached hydrogens (tertiary/aromatic N) is 1. The molecule has 0 saturated carbocycles. The standard InChI is InChI=1S/C13H16FNO/c1-10(15-7-2-3-8-15)13(16)11-5-4-6-12(14)9-11/h4-6,9-10H,2-3,7-8H2,1H3. The summed E-state index contributed by atoms with van der Waals surface area (Å²) in [7, 11) is 0. The Morgan fingerprint density at radius 1 is 1.38 bits per heavy atom. The van der Waals surface area contributed by atoms with Crippen molar-refractivity contribution in [1.82, 2.24) is 4.90 Å². The first kappa shape index (κ1) is 11.3. The van der Waals surface area contributed by atoms with E-state index in [2.05, 4.69) is 4.90 Å². The smallest absolute Gasteiger partial charge is 0.179 e. The minimum absolute atomic E-state index is 0.0152. The second kappa shape index (κ2) is 4.74. The fourth-order valence-corrected chi connectivity index (χ4v) is 2.18. The van der Waals surface area contributed by atoms with E-state index in [0.29, 0.717) is 5.56 Å². The minimum Gasteiger partial charge on any atom is -0.294 e. The third kappa shape index (κ3) is 2.30. The number of benzene rings is 1. The summed E-state index contributed by atoms with van der Waals surface area (Å²) in [5, 5.41) is 0. The van der Waals surface area contributed by atoms with E-state index in [1.54, 1.807) is 12.1 Å². The number of carbonyl (C=O) groups is 1. The molecular weight excluding hydrogens is 205 g/mol. The molecule has 1 fully saturated rings. The van der Waals surface area contributed by atoms with Crippen molar-refractivity contribution in [1.29, 1.82) is 0 Å². The molecule has 1 aliphatic rings. The Balaban J connectivity index is 2.12. The highest BCUT2D eigenvalue weighted by atomic mass is 19.1. The van der Waals surface area contributed by atoms with Crippen LogP contribution >= 0.6 is 0 Å². The van der Waals surface area contributed by atoms with Gasteiger partial charge in [-0.15, -0.1) is 0 Å². The molecule has 16 heavy (non-hydrogen) atoms. The fraction of sp³-hybridized carbons (Fsp3) is 0.462. The first-order valence-corrected chi connectivity index (χ1v) is 5.72. The Kier molecular flexibility index (Phi) is 3.34. The third-order valence-electron chi connectivity index (χ3n) is 3.18. The number of rotatable bonds is 3. The minimum atomic E-state index is -0.348. The molecule has 1 aromatic rings. The van der Waals surface area contributed by atoms with E-state index in [1.165, 1.54) is 12.1 Å². The number of ketones is 1. The van der Waals surface area contributed by atoms with Crippen molar-refractivity contribution < 1.29 is 9.18 Å². The summed E-state index contributed by atoms with van der Waals surface area (Å²) in [6.45, 7) is 3.85. The molecule has 0 radical (unpaired) electrons. The van der Waals surface area contributed by atoms with Crippen molar-refractivity contribution in [3.8, 4) is 0 Å². The summed E-state index contributed by atoms with van der Waals surface area (Å²) in [5.74, 6) is -0.333. The maximum absolute atomic E-state index is 13.0. The predicted octanol–water partition coefficient (Wildman–Crippen LogP) is 2.49. The van der Waals surface area contributed by atoms with Crippen molar-refractivity contribution in [2.75, 3.05) is 13.1 Å². The largest absolute Gasteiger partial charge is 0.294 e.